The minimum absolute atomic E-state index is 0.992. The van der Waals surface area contributed by atoms with Crippen LogP contribution in [-0.2, 0) is 0 Å². The Morgan fingerprint density at radius 3 is 1.94 bits per heavy atom. The van der Waals surface area contributed by atoms with Gasteiger partial charge in [-0.1, -0.05) is 52.9 Å². The Kier molecular flexibility index (Phi) is 9.91. The summed E-state index contributed by atoms with van der Waals surface area (Å²) in [5.41, 5.74) is 0. The van der Waals surface area contributed by atoms with Crippen molar-refractivity contribution in [3.8, 4) is 0 Å². The van der Waals surface area contributed by atoms with Crippen LogP contribution in [0.5, 0.6) is 0 Å². The van der Waals surface area contributed by atoms with Crippen LogP contribution in [-0.4, -0.2) is 31.7 Å². The van der Waals surface area contributed by atoms with E-state index in [0.29, 0.717) is 0 Å². The summed E-state index contributed by atoms with van der Waals surface area (Å²) >= 11 is 0. The molecule has 0 heterocycles. The summed E-state index contributed by atoms with van der Waals surface area (Å²) in [6, 6.07) is 0. The fraction of sp³-hybridized carbons (Fsp3) is 1.00. The van der Waals surface area contributed by atoms with Crippen LogP contribution in [0.1, 0.15) is 72.1 Å². The molecule has 1 nitrogen and oxygen atoms in total. The molecule has 0 rings (SSSR count). The largest absolute Gasteiger partial charge is 0.328 e. The van der Waals surface area contributed by atoms with E-state index in [1.165, 1.54) is 68.9 Å². The average molecular weight is 242 g/mol. The van der Waals surface area contributed by atoms with Gasteiger partial charge in [0.2, 0.25) is 0 Å². The molecule has 0 amide bonds. The van der Waals surface area contributed by atoms with Gasteiger partial charge in [0.05, 0.1) is 27.2 Å². The van der Waals surface area contributed by atoms with Crippen LogP contribution in [0.15, 0.2) is 0 Å². The summed E-state index contributed by atoms with van der Waals surface area (Å²) in [6.07, 6.45) is 11.2. The van der Waals surface area contributed by atoms with Crippen LogP contribution in [0.4, 0.5) is 0 Å². The molecule has 0 N–H and O–H groups in total. The molecule has 0 saturated heterocycles. The molecular formula is C16H36N+. The third-order valence-corrected chi connectivity index (χ3v) is 4.02. The average Bonchev–Trinajstić information content (AvgIpc) is 2.30. The van der Waals surface area contributed by atoms with Crippen LogP contribution < -0.4 is 0 Å². The van der Waals surface area contributed by atoms with E-state index in [1.54, 1.807) is 0 Å². The number of nitrogens with zero attached hydrogens (tertiary/aromatic N) is 1. The van der Waals surface area contributed by atoms with Crippen LogP contribution >= 0.6 is 0 Å². The number of hydrogen-bond acceptors (Lipinski definition) is 0. The van der Waals surface area contributed by atoms with E-state index in [4.69, 9.17) is 0 Å². The van der Waals surface area contributed by atoms with Gasteiger partial charge in [-0.15, -0.1) is 0 Å². The number of hydrogen-bond donors (Lipinski definition) is 0. The van der Waals surface area contributed by atoms with Gasteiger partial charge in [-0.05, 0) is 25.2 Å². The molecular weight excluding hydrogens is 206 g/mol. The van der Waals surface area contributed by atoms with Crippen molar-refractivity contribution >= 4 is 0 Å². The van der Waals surface area contributed by atoms with Crippen LogP contribution in [0.2, 0.25) is 0 Å². The summed E-state index contributed by atoms with van der Waals surface area (Å²) in [6.45, 7) is 9.66. The Balaban J connectivity index is 3.60. The van der Waals surface area contributed by atoms with Crippen molar-refractivity contribution in [3.63, 3.8) is 0 Å². The van der Waals surface area contributed by atoms with Crippen LogP contribution in [0.25, 0.3) is 0 Å². The zero-order valence-electron chi connectivity index (χ0n) is 13.1. The predicted octanol–water partition coefficient (Wildman–Crippen LogP) is 4.86. The molecule has 0 fully saturated rings. The Bertz CT molecular complexity index is 163. The monoisotopic (exact) mass is 242 g/mol. The number of quaternary nitrogens is 1. The van der Waals surface area contributed by atoms with Crippen molar-refractivity contribution in [2.45, 2.75) is 72.1 Å². The van der Waals surface area contributed by atoms with Gasteiger partial charge in [0.15, 0.2) is 0 Å². The van der Waals surface area contributed by atoms with Crippen molar-refractivity contribution in [3.05, 3.63) is 0 Å². The highest BCUT2D eigenvalue weighted by atomic mass is 15.3. The van der Waals surface area contributed by atoms with Crippen molar-refractivity contribution in [1.82, 2.24) is 0 Å². The van der Waals surface area contributed by atoms with Crippen LogP contribution in [0.3, 0.4) is 0 Å². The SMILES string of the molecule is CCCC[N+](C)(C)CCCCC(CC)CCC. The first-order valence-electron chi connectivity index (χ1n) is 7.87. The molecule has 0 spiro atoms. The predicted molar refractivity (Wildman–Crippen MR) is 79.3 cm³/mol. The quantitative estimate of drug-likeness (QED) is 0.358. The molecule has 0 aromatic rings. The second kappa shape index (κ2) is 9.94. The zero-order valence-corrected chi connectivity index (χ0v) is 13.1. The van der Waals surface area contributed by atoms with Gasteiger partial charge in [0.25, 0.3) is 0 Å². The van der Waals surface area contributed by atoms with E-state index in [-0.39, 0.29) is 0 Å². The van der Waals surface area contributed by atoms with Gasteiger partial charge >= 0.3 is 0 Å². The third-order valence-electron chi connectivity index (χ3n) is 4.02. The van der Waals surface area contributed by atoms with E-state index in [2.05, 4.69) is 34.9 Å². The van der Waals surface area contributed by atoms with Crippen molar-refractivity contribution < 1.29 is 4.48 Å². The molecule has 1 atom stereocenters. The molecule has 0 bridgehead atoms. The topological polar surface area (TPSA) is 0 Å². The van der Waals surface area contributed by atoms with E-state index >= 15 is 0 Å². The second-order valence-corrected chi connectivity index (χ2v) is 6.30. The van der Waals surface area contributed by atoms with Gasteiger partial charge in [0.1, 0.15) is 0 Å². The second-order valence-electron chi connectivity index (χ2n) is 6.30. The smallest absolute Gasteiger partial charge is 0.0782 e. The molecule has 104 valence electrons. The highest BCUT2D eigenvalue weighted by molar-refractivity contribution is 4.56. The first kappa shape index (κ1) is 17.0. The van der Waals surface area contributed by atoms with Gasteiger partial charge in [-0.25, -0.2) is 0 Å². The van der Waals surface area contributed by atoms with E-state index in [1.807, 2.05) is 0 Å². The molecule has 0 aliphatic carbocycles. The standard InChI is InChI=1S/C16H36N/c1-6-9-14-17(4,5)15-11-10-13-16(8-3)12-7-2/h16H,6-15H2,1-5H3/q+1. The molecule has 17 heavy (non-hydrogen) atoms. The maximum Gasteiger partial charge on any atom is 0.0782 e. The lowest BCUT2D eigenvalue weighted by Gasteiger charge is -2.30. The summed E-state index contributed by atoms with van der Waals surface area (Å²) < 4.78 is 1.22. The van der Waals surface area contributed by atoms with Gasteiger partial charge in [-0.3, -0.25) is 0 Å². The maximum atomic E-state index is 2.39. The molecule has 0 aromatic heterocycles. The highest BCUT2D eigenvalue weighted by Gasteiger charge is 2.13. The first-order chi connectivity index (χ1) is 8.05. The highest BCUT2D eigenvalue weighted by Crippen LogP contribution is 2.18. The molecule has 0 aromatic carbocycles. The Morgan fingerprint density at radius 2 is 1.41 bits per heavy atom. The van der Waals surface area contributed by atoms with E-state index in [9.17, 15) is 0 Å². The number of rotatable bonds is 11. The molecule has 0 saturated carbocycles. The number of unbranched alkanes of at least 4 members (excludes halogenated alkanes) is 2. The summed E-state index contributed by atoms with van der Waals surface area (Å²) in [5.74, 6) is 0.992. The van der Waals surface area contributed by atoms with Crippen molar-refractivity contribution in [2.75, 3.05) is 27.2 Å². The lowest BCUT2D eigenvalue weighted by molar-refractivity contribution is -0.890. The Labute approximate surface area is 110 Å². The first-order valence-corrected chi connectivity index (χ1v) is 7.87. The fourth-order valence-electron chi connectivity index (χ4n) is 2.63. The molecule has 0 aliphatic rings. The molecule has 0 radical (unpaired) electrons. The van der Waals surface area contributed by atoms with Gasteiger partial charge < -0.3 is 4.48 Å². The zero-order chi connectivity index (χ0) is 13.1. The lowest BCUT2D eigenvalue weighted by atomic mass is 9.94. The maximum absolute atomic E-state index is 2.39. The summed E-state index contributed by atoms with van der Waals surface area (Å²) in [4.78, 5) is 0. The van der Waals surface area contributed by atoms with Gasteiger partial charge in [-0.2, -0.15) is 0 Å². The normalized spacial score (nSPS) is 13.9. The summed E-state index contributed by atoms with van der Waals surface area (Å²) in [7, 11) is 4.78. The molecule has 0 aliphatic heterocycles. The van der Waals surface area contributed by atoms with Crippen molar-refractivity contribution in [1.29, 1.82) is 0 Å². The Morgan fingerprint density at radius 1 is 0.765 bits per heavy atom. The van der Waals surface area contributed by atoms with Gasteiger partial charge in [0, 0.05) is 0 Å². The van der Waals surface area contributed by atoms with E-state index < -0.39 is 0 Å². The minimum Gasteiger partial charge on any atom is -0.328 e. The molecule has 1 unspecified atom stereocenters. The Hall–Kier alpha value is -0.0400. The van der Waals surface area contributed by atoms with Crippen molar-refractivity contribution in [2.24, 2.45) is 5.92 Å². The minimum atomic E-state index is 0.992. The summed E-state index contributed by atoms with van der Waals surface area (Å²) in [5, 5.41) is 0. The fourth-order valence-corrected chi connectivity index (χ4v) is 2.63. The third kappa shape index (κ3) is 9.64. The van der Waals surface area contributed by atoms with Crippen LogP contribution in [0, 0.1) is 5.92 Å². The molecule has 1 heteroatoms. The lowest BCUT2D eigenvalue weighted by Crippen LogP contribution is -2.41. The van der Waals surface area contributed by atoms with E-state index in [0.717, 1.165) is 5.92 Å².